The van der Waals surface area contributed by atoms with Crippen LogP contribution in [0, 0.1) is 12.7 Å². The third-order valence-corrected chi connectivity index (χ3v) is 4.33. The minimum absolute atomic E-state index is 0.219. The molecule has 0 radical (unpaired) electrons. The Bertz CT molecular complexity index is 816. The van der Waals surface area contributed by atoms with Crippen molar-refractivity contribution in [2.75, 3.05) is 0 Å². The first-order valence-corrected chi connectivity index (χ1v) is 7.85. The maximum atomic E-state index is 13.0. The van der Waals surface area contributed by atoms with E-state index in [0.29, 0.717) is 17.2 Å². The third-order valence-electron chi connectivity index (χ3n) is 3.31. The number of hydrogen-bond acceptors (Lipinski definition) is 4. The van der Waals surface area contributed by atoms with Gasteiger partial charge in [0.05, 0.1) is 0 Å². The maximum absolute atomic E-state index is 13.0. The molecule has 0 atom stereocenters. The highest BCUT2D eigenvalue weighted by atomic mass is 32.1. The fraction of sp³-hybridized carbons (Fsp3) is 0.118. The number of carbonyl (C=O) groups is 1. The summed E-state index contributed by atoms with van der Waals surface area (Å²) in [5.74, 6) is -0.513. The van der Waals surface area contributed by atoms with Gasteiger partial charge in [-0.1, -0.05) is 0 Å². The number of nitrogens with zero attached hydrogens (tertiary/aromatic N) is 2. The fourth-order valence-corrected chi connectivity index (χ4v) is 3.01. The molecule has 2 aromatic heterocycles. The predicted molar refractivity (Wildman–Crippen MR) is 87.7 cm³/mol. The molecule has 2 heterocycles. The van der Waals surface area contributed by atoms with E-state index in [9.17, 15) is 9.18 Å². The van der Waals surface area contributed by atoms with E-state index in [1.807, 2.05) is 19.1 Å². The van der Waals surface area contributed by atoms with E-state index >= 15 is 0 Å². The van der Waals surface area contributed by atoms with Gasteiger partial charge in [0.15, 0.2) is 0 Å². The molecule has 1 aromatic carbocycles. The van der Waals surface area contributed by atoms with Crippen LogP contribution in [-0.2, 0) is 6.54 Å². The second kappa shape index (κ2) is 6.66. The lowest BCUT2D eigenvalue weighted by Crippen LogP contribution is -2.23. The summed E-state index contributed by atoms with van der Waals surface area (Å²) in [5.41, 5.74) is 2.18. The van der Waals surface area contributed by atoms with Gasteiger partial charge in [0.1, 0.15) is 16.5 Å². The van der Waals surface area contributed by atoms with Crippen LogP contribution in [0.2, 0.25) is 0 Å². The second-order valence-electron chi connectivity index (χ2n) is 4.97. The molecule has 0 aliphatic heterocycles. The van der Waals surface area contributed by atoms with Gasteiger partial charge in [0, 0.05) is 29.4 Å². The molecule has 6 heteroatoms. The van der Waals surface area contributed by atoms with Crippen LogP contribution in [0.25, 0.3) is 10.6 Å². The predicted octanol–water partition coefficient (Wildman–Crippen LogP) is 3.58. The fourth-order valence-electron chi connectivity index (χ4n) is 2.09. The standard InChI is InChI=1S/C17H14FN3OS/c1-11-15(16(22)20-10-12-6-8-19-9-7-12)21-17(23-11)13-2-4-14(18)5-3-13/h2-9H,10H2,1H3,(H,20,22). The first kappa shape index (κ1) is 15.3. The van der Waals surface area contributed by atoms with Crippen LogP contribution >= 0.6 is 11.3 Å². The van der Waals surface area contributed by atoms with Crippen LogP contribution < -0.4 is 5.32 Å². The number of halogens is 1. The van der Waals surface area contributed by atoms with E-state index in [2.05, 4.69) is 15.3 Å². The number of pyridine rings is 1. The largest absolute Gasteiger partial charge is 0.347 e. The van der Waals surface area contributed by atoms with Crippen molar-refractivity contribution in [3.8, 4) is 10.6 Å². The van der Waals surface area contributed by atoms with Crippen LogP contribution in [-0.4, -0.2) is 15.9 Å². The summed E-state index contributed by atoms with van der Waals surface area (Å²) in [6, 6.07) is 9.78. The molecular formula is C17H14FN3OS. The van der Waals surface area contributed by atoms with Gasteiger partial charge in [0.25, 0.3) is 5.91 Å². The van der Waals surface area contributed by atoms with Crippen LogP contribution in [0.5, 0.6) is 0 Å². The Morgan fingerprint density at radius 1 is 1.17 bits per heavy atom. The van der Waals surface area contributed by atoms with E-state index in [0.717, 1.165) is 16.0 Å². The number of benzene rings is 1. The number of aromatic nitrogens is 2. The van der Waals surface area contributed by atoms with Crippen molar-refractivity contribution in [1.29, 1.82) is 0 Å². The highest BCUT2D eigenvalue weighted by Gasteiger charge is 2.16. The van der Waals surface area contributed by atoms with Crippen LogP contribution in [0.15, 0.2) is 48.8 Å². The first-order valence-electron chi connectivity index (χ1n) is 7.04. The van der Waals surface area contributed by atoms with Crippen molar-refractivity contribution in [1.82, 2.24) is 15.3 Å². The Labute approximate surface area is 137 Å². The van der Waals surface area contributed by atoms with Crippen molar-refractivity contribution in [3.63, 3.8) is 0 Å². The third kappa shape index (κ3) is 3.60. The zero-order valence-corrected chi connectivity index (χ0v) is 13.2. The number of amides is 1. The van der Waals surface area contributed by atoms with Crippen molar-refractivity contribution in [2.24, 2.45) is 0 Å². The van der Waals surface area contributed by atoms with Gasteiger partial charge < -0.3 is 5.32 Å². The minimum Gasteiger partial charge on any atom is -0.347 e. The molecule has 1 N–H and O–H groups in total. The van der Waals surface area contributed by atoms with Crippen molar-refractivity contribution < 1.29 is 9.18 Å². The first-order chi connectivity index (χ1) is 11.1. The molecule has 0 unspecified atom stereocenters. The molecule has 3 aromatic rings. The quantitative estimate of drug-likeness (QED) is 0.797. The van der Waals surface area contributed by atoms with Crippen molar-refractivity contribution in [2.45, 2.75) is 13.5 Å². The number of carbonyl (C=O) groups excluding carboxylic acids is 1. The summed E-state index contributed by atoms with van der Waals surface area (Å²) in [5, 5.41) is 3.55. The van der Waals surface area contributed by atoms with Crippen molar-refractivity contribution in [3.05, 3.63) is 70.7 Å². The second-order valence-corrected chi connectivity index (χ2v) is 6.17. The molecule has 0 aliphatic rings. The summed E-state index contributed by atoms with van der Waals surface area (Å²) < 4.78 is 13.0. The number of rotatable bonds is 4. The molecule has 4 nitrogen and oxygen atoms in total. The van der Waals surface area contributed by atoms with Gasteiger partial charge in [-0.2, -0.15) is 0 Å². The molecule has 116 valence electrons. The molecule has 23 heavy (non-hydrogen) atoms. The Morgan fingerprint density at radius 3 is 2.57 bits per heavy atom. The Kier molecular flexibility index (Phi) is 4.43. The van der Waals surface area contributed by atoms with Gasteiger partial charge in [-0.15, -0.1) is 11.3 Å². The molecule has 0 aliphatic carbocycles. The molecule has 1 amide bonds. The molecule has 0 spiro atoms. The molecule has 0 fully saturated rings. The monoisotopic (exact) mass is 327 g/mol. The number of aryl methyl sites for hydroxylation is 1. The van der Waals surface area contributed by atoms with Crippen LogP contribution in [0.4, 0.5) is 4.39 Å². The molecule has 0 saturated carbocycles. The van der Waals surface area contributed by atoms with Gasteiger partial charge in [-0.05, 0) is 48.9 Å². The van der Waals surface area contributed by atoms with E-state index in [1.165, 1.54) is 23.5 Å². The van der Waals surface area contributed by atoms with Gasteiger partial charge in [-0.3, -0.25) is 9.78 Å². The summed E-state index contributed by atoms with van der Waals surface area (Å²) >= 11 is 1.42. The molecule has 3 rings (SSSR count). The molecule has 0 saturated heterocycles. The average Bonchev–Trinajstić information content (AvgIpc) is 2.96. The topological polar surface area (TPSA) is 54.9 Å². The summed E-state index contributed by atoms with van der Waals surface area (Å²) in [6.45, 7) is 2.27. The summed E-state index contributed by atoms with van der Waals surface area (Å²) in [7, 11) is 0. The van der Waals surface area contributed by atoms with E-state index in [1.54, 1.807) is 24.5 Å². The lowest BCUT2D eigenvalue weighted by Gasteiger charge is -2.03. The van der Waals surface area contributed by atoms with Gasteiger partial charge in [0.2, 0.25) is 0 Å². The Balaban J connectivity index is 1.75. The smallest absolute Gasteiger partial charge is 0.271 e. The molecule has 0 bridgehead atoms. The van der Waals surface area contributed by atoms with E-state index in [-0.39, 0.29) is 11.7 Å². The summed E-state index contributed by atoms with van der Waals surface area (Å²) in [4.78, 5) is 21.5. The normalized spacial score (nSPS) is 10.5. The summed E-state index contributed by atoms with van der Waals surface area (Å²) in [6.07, 6.45) is 3.37. The SMILES string of the molecule is Cc1sc(-c2ccc(F)cc2)nc1C(=O)NCc1ccncc1. The Morgan fingerprint density at radius 2 is 1.87 bits per heavy atom. The van der Waals surface area contributed by atoms with Crippen LogP contribution in [0.1, 0.15) is 20.9 Å². The highest BCUT2D eigenvalue weighted by molar-refractivity contribution is 7.15. The molecular weight excluding hydrogens is 313 g/mol. The van der Waals surface area contributed by atoms with Gasteiger partial charge in [-0.25, -0.2) is 9.37 Å². The maximum Gasteiger partial charge on any atom is 0.271 e. The number of hydrogen-bond donors (Lipinski definition) is 1. The van der Waals surface area contributed by atoms with E-state index in [4.69, 9.17) is 0 Å². The van der Waals surface area contributed by atoms with Gasteiger partial charge >= 0.3 is 0 Å². The Hall–Kier alpha value is -2.60. The van der Waals surface area contributed by atoms with E-state index < -0.39 is 0 Å². The lowest BCUT2D eigenvalue weighted by atomic mass is 10.2. The number of thiazole rings is 1. The zero-order chi connectivity index (χ0) is 16.2. The lowest BCUT2D eigenvalue weighted by molar-refractivity contribution is 0.0946. The average molecular weight is 327 g/mol. The zero-order valence-electron chi connectivity index (χ0n) is 12.4. The minimum atomic E-state index is -0.294. The number of nitrogens with one attached hydrogen (secondary N) is 1. The highest BCUT2D eigenvalue weighted by Crippen LogP contribution is 2.27. The van der Waals surface area contributed by atoms with Crippen molar-refractivity contribution >= 4 is 17.2 Å². The van der Waals surface area contributed by atoms with Crippen LogP contribution in [0.3, 0.4) is 0 Å².